The number of unbranched alkanes of at least 4 members (excludes halogenated alkanes) is 2. The minimum Gasteiger partial charge on any atom is -0.466 e. The van der Waals surface area contributed by atoms with Gasteiger partial charge in [0.15, 0.2) is 0 Å². The molecule has 0 aliphatic carbocycles. The van der Waals surface area contributed by atoms with Gasteiger partial charge in [-0.3, -0.25) is 4.79 Å². The van der Waals surface area contributed by atoms with Crippen LogP contribution in [0.1, 0.15) is 78.6 Å². The summed E-state index contributed by atoms with van der Waals surface area (Å²) >= 11 is 0. The molecule has 0 saturated carbocycles. The molecule has 186 valence electrons. The Labute approximate surface area is 190 Å². The molecule has 7 nitrogen and oxygen atoms in total. The van der Waals surface area contributed by atoms with E-state index in [1.807, 2.05) is 0 Å². The van der Waals surface area contributed by atoms with Crippen LogP contribution in [0.25, 0.3) is 0 Å². The average Bonchev–Trinajstić information content (AvgIpc) is 2.72. The summed E-state index contributed by atoms with van der Waals surface area (Å²) in [7, 11) is 0. The van der Waals surface area contributed by atoms with Gasteiger partial charge in [0.2, 0.25) is 0 Å². The molecule has 0 unspecified atom stereocenters. The van der Waals surface area contributed by atoms with Gasteiger partial charge in [-0.05, 0) is 43.9 Å². The molecule has 0 aromatic carbocycles. The third kappa shape index (κ3) is 20.9. The first kappa shape index (κ1) is 30.3. The van der Waals surface area contributed by atoms with Gasteiger partial charge < -0.3 is 29.9 Å². The molecule has 0 aliphatic rings. The fraction of sp³-hybridized carbons (Fsp3) is 0.958. The quantitative estimate of drug-likeness (QED) is 0.184. The minimum absolute atomic E-state index is 0.100. The van der Waals surface area contributed by atoms with Crippen LogP contribution in [-0.2, 0) is 9.53 Å². The molecule has 0 rings (SSSR count). The minimum atomic E-state index is -0.100. The Balaban J connectivity index is 4.08. The number of nitrogens with zero attached hydrogens (tertiary/aromatic N) is 2. The van der Waals surface area contributed by atoms with E-state index in [1.54, 1.807) is 0 Å². The van der Waals surface area contributed by atoms with Crippen molar-refractivity contribution in [3.05, 3.63) is 0 Å². The van der Waals surface area contributed by atoms with Crippen LogP contribution >= 0.6 is 0 Å². The number of hydrogen-bond donors (Lipinski definition) is 3. The van der Waals surface area contributed by atoms with Gasteiger partial charge >= 0.3 is 5.97 Å². The number of hydrogen-bond acceptors (Lipinski definition) is 7. The normalized spacial score (nSPS) is 12.1. The number of carbonyl (C=O) groups excluding carboxylic acids is 1. The van der Waals surface area contributed by atoms with Gasteiger partial charge in [-0.1, -0.05) is 33.6 Å². The number of ether oxygens (including phenoxy) is 1. The van der Waals surface area contributed by atoms with Crippen molar-refractivity contribution in [1.82, 2.24) is 9.80 Å². The number of esters is 1. The lowest BCUT2D eigenvalue weighted by atomic mass is 9.89. The van der Waals surface area contributed by atoms with E-state index >= 15 is 0 Å². The SMILES string of the molecule is CC(C)(C)CCCCCC(=O)OCCCN(CCCO)CCN(CCCO)CCCO. The molecule has 0 atom stereocenters. The predicted molar refractivity (Wildman–Crippen MR) is 126 cm³/mol. The van der Waals surface area contributed by atoms with Gasteiger partial charge in [-0.25, -0.2) is 0 Å². The van der Waals surface area contributed by atoms with Gasteiger partial charge in [0, 0.05) is 65.5 Å². The molecule has 0 aromatic rings. The fourth-order valence-corrected chi connectivity index (χ4v) is 3.48. The van der Waals surface area contributed by atoms with Crippen molar-refractivity contribution in [3.8, 4) is 0 Å². The second-order valence-electron chi connectivity index (χ2n) is 9.61. The lowest BCUT2D eigenvalue weighted by molar-refractivity contribution is -0.144. The van der Waals surface area contributed by atoms with Gasteiger partial charge in [-0.2, -0.15) is 0 Å². The molecule has 0 spiro atoms. The summed E-state index contributed by atoms with van der Waals surface area (Å²) < 4.78 is 5.40. The lowest BCUT2D eigenvalue weighted by Crippen LogP contribution is -2.38. The van der Waals surface area contributed by atoms with Crippen LogP contribution in [0.15, 0.2) is 0 Å². The second kappa shape index (κ2) is 19.9. The van der Waals surface area contributed by atoms with Crippen molar-refractivity contribution in [2.24, 2.45) is 5.41 Å². The molecule has 0 aromatic heterocycles. The maximum atomic E-state index is 11.9. The molecular formula is C24H50N2O5. The van der Waals surface area contributed by atoms with E-state index in [2.05, 4.69) is 30.6 Å². The summed E-state index contributed by atoms with van der Waals surface area (Å²) in [4.78, 5) is 16.5. The van der Waals surface area contributed by atoms with Gasteiger partial charge in [-0.15, -0.1) is 0 Å². The largest absolute Gasteiger partial charge is 0.466 e. The Bertz CT molecular complexity index is 407. The third-order valence-electron chi connectivity index (χ3n) is 5.32. The summed E-state index contributed by atoms with van der Waals surface area (Å²) in [5, 5.41) is 27.3. The van der Waals surface area contributed by atoms with E-state index in [0.717, 1.165) is 84.2 Å². The molecule has 31 heavy (non-hydrogen) atoms. The van der Waals surface area contributed by atoms with Crippen molar-refractivity contribution in [3.63, 3.8) is 0 Å². The van der Waals surface area contributed by atoms with E-state index < -0.39 is 0 Å². The number of carbonyl (C=O) groups is 1. The Hall–Kier alpha value is -0.730. The molecule has 0 aliphatic heterocycles. The fourth-order valence-electron chi connectivity index (χ4n) is 3.48. The zero-order valence-electron chi connectivity index (χ0n) is 20.5. The van der Waals surface area contributed by atoms with Crippen molar-refractivity contribution in [2.75, 3.05) is 65.7 Å². The number of aliphatic hydroxyl groups is 3. The first-order valence-corrected chi connectivity index (χ1v) is 12.3. The summed E-state index contributed by atoms with van der Waals surface area (Å²) in [6.07, 6.45) is 7.79. The molecule has 0 fully saturated rings. The summed E-state index contributed by atoms with van der Waals surface area (Å²) in [6.45, 7) is 12.7. The Morgan fingerprint density at radius 1 is 0.677 bits per heavy atom. The van der Waals surface area contributed by atoms with E-state index in [0.29, 0.717) is 18.4 Å². The predicted octanol–water partition coefficient (Wildman–Crippen LogP) is 2.67. The van der Waals surface area contributed by atoms with Crippen molar-refractivity contribution in [1.29, 1.82) is 0 Å². The summed E-state index contributed by atoms with van der Waals surface area (Å²) in [5.41, 5.74) is 0.358. The topological polar surface area (TPSA) is 93.5 Å². The van der Waals surface area contributed by atoms with Gasteiger partial charge in [0.25, 0.3) is 0 Å². The van der Waals surface area contributed by atoms with E-state index in [9.17, 15) is 9.90 Å². The molecule has 0 bridgehead atoms. The van der Waals surface area contributed by atoms with Crippen LogP contribution in [-0.4, -0.2) is 96.8 Å². The summed E-state index contributed by atoms with van der Waals surface area (Å²) in [5.74, 6) is -0.100. The van der Waals surface area contributed by atoms with E-state index in [-0.39, 0.29) is 25.8 Å². The van der Waals surface area contributed by atoms with Gasteiger partial charge in [0.1, 0.15) is 0 Å². The second-order valence-corrected chi connectivity index (χ2v) is 9.61. The highest BCUT2D eigenvalue weighted by Crippen LogP contribution is 2.22. The highest BCUT2D eigenvalue weighted by molar-refractivity contribution is 5.69. The lowest BCUT2D eigenvalue weighted by Gasteiger charge is -2.27. The van der Waals surface area contributed by atoms with E-state index in [1.165, 1.54) is 6.42 Å². The monoisotopic (exact) mass is 446 g/mol. The van der Waals surface area contributed by atoms with Crippen molar-refractivity contribution >= 4 is 5.97 Å². The molecule has 7 heteroatoms. The summed E-state index contributed by atoms with van der Waals surface area (Å²) in [6, 6.07) is 0. The van der Waals surface area contributed by atoms with Crippen LogP contribution in [0.5, 0.6) is 0 Å². The van der Waals surface area contributed by atoms with E-state index in [4.69, 9.17) is 14.9 Å². The highest BCUT2D eigenvalue weighted by Gasteiger charge is 2.11. The first-order valence-electron chi connectivity index (χ1n) is 12.3. The third-order valence-corrected chi connectivity index (χ3v) is 5.32. The highest BCUT2D eigenvalue weighted by atomic mass is 16.5. The zero-order chi connectivity index (χ0) is 23.4. The molecule has 3 N–H and O–H groups in total. The molecule has 0 radical (unpaired) electrons. The van der Waals surface area contributed by atoms with Gasteiger partial charge in [0.05, 0.1) is 6.61 Å². The van der Waals surface area contributed by atoms with Crippen molar-refractivity contribution in [2.45, 2.75) is 78.6 Å². The Morgan fingerprint density at radius 3 is 1.61 bits per heavy atom. The maximum absolute atomic E-state index is 11.9. The number of rotatable bonds is 21. The van der Waals surface area contributed by atoms with Crippen LogP contribution in [0.4, 0.5) is 0 Å². The zero-order valence-corrected chi connectivity index (χ0v) is 20.5. The standard InChI is InChI=1S/C24H50N2O5/c1-24(2,3)12-6-4-5-11-23(30)31-22-10-16-26(15-9-21-29)18-17-25(13-7-19-27)14-8-20-28/h27-29H,4-22H2,1-3H3. The maximum Gasteiger partial charge on any atom is 0.305 e. The number of aliphatic hydroxyl groups excluding tert-OH is 3. The smallest absolute Gasteiger partial charge is 0.305 e. The van der Waals surface area contributed by atoms with Crippen LogP contribution in [0, 0.1) is 5.41 Å². The van der Waals surface area contributed by atoms with Crippen LogP contribution in [0.2, 0.25) is 0 Å². The first-order chi connectivity index (χ1) is 14.8. The molecule has 0 saturated heterocycles. The molecular weight excluding hydrogens is 396 g/mol. The molecule has 0 heterocycles. The van der Waals surface area contributed by atoms with Crippen molar-refractivity contribution < 1.29 is 24.9 Å². The molecule has 0 amide bonds. The Kier molecular flexibility index (Phi) is 19.4. The van der Waals surface area contributed by atoms with Crippen LogP contribution < -0.4 is 0 Å². The van der Waals surface area contributed by atoms with Crippen LogP contribution in [0.3, 0.4) is 0 Å². The average molecular weight is 447 g/mol. The Morgan fingerprint density at radius 2 is 1.16 bits per heavy atom.